The highest BCUT2D eigenvalue weighted by atomic mass is 35.5. The largest absolute Gasteiger partial charge is 0.511 e. The summed E-state index contributed by atoms with van der Waals surface area (Å²) in [6.45, 7) is 3.72. The normalized spacial score (nSPS) is 20.4. The number of hydrogen-bond acceptors (Lipinski definition) is 13. The van der Waals surface area contributed by atoms with Crippen LogP contribution in [0.3, 0.4) is 0 Å². The number of halogens is 1. The third kappa shape index (κ3) is 7.66. The first-order chi connectivity index (χ1) is 23.7. The van der Waals surface area contributed by atoms with Crippen LogP contribution in [0.5, 0.6) is 0 Å². The van der Waals surface area contributed by atoms with Crippen molar-refractivity contribution in [1.29, 1.82) is 0 Å². The van der Waals surface area contributed by atoms with Crippen molar-refractivity contribution in [2.24, 2.45) is 5.73 Å². The van der Waals surface area contributed by atoms with Gasteiger partial charge in [-0.25, -0.2) is 19.4 Å². The SMILES string of the molecule is CCCCc1nc(Cl)c(C(=O)OC(C)OC(=O)O[C@@H]2CO[C@@H]3[C@H]2OC[C@H]3OC(N)=O)n1Cc1ccc(-c2ccccc2-c2nn[nH]n2)cc1. The van der Waals surface area contributed by atoms with Gasteiger partial charge in [-0.3, -0.25) is 0 Å². The van der Waals surface area contributed by atoms with Crippen LogP contribution in [0.4, 0.5) is 9.59 Å². The Morgan fingerprint density at radius 2 is 1.71 bits per heavy atom. The molecule has 0 spiro atoms. The van der Waals surface area contributed by atoms with E-state index in [-0.39, 0.29) is 30.6 Å². The monoisotopic (exact) mass is 695 g/mol. The molecule has 258 valence electrons. The topological polar surface area (TPSA) is 205 Å². The van der Waals surface area contributed by atoms with E-state index in [2.05, 4.69) is 32.5 Å². The highest BCUT2D eigenvalue weighted by Crippen LogP contribution is 2.32. The fourth-order valence-corrected chi connectivity index (χ4v) is 6.11. The first kappa shape index (κ1) is 33.8. The van der Waals surface area contributed by atoms with Gasteiger partial charge in [0.15, 0.2) is 23.1 Å². The van der Waals surface area contributed by atoms with Crippen molar-refractivity contribution >= 4 is 29.8 Å². The number of benzene rings is 2. The minimum atomic E-state index is -1.34. The molecule has 2 aromatic carbocycles. The molecule has 2 saturated heterocycles. The Morgan fingerprint density at radius 1 is 1.02 bits per heavy atom. The number of rotatable bonds is 12. The molecule has 1 unspecified atom stereocenters. The van der Waals surface area contributed by atoms with E-state index in [1.54, 1.807) is 4.57 Å². The molecule has 0 radical (unpaired) electrons. The van der Waals surface area contributed by atoms with Gasteiger partial charge in [0.2, 0.25) is 12.1 Å². The lowest BCUT2D eigenvalue weighted by atomic mass is 9.98. The Morgan fingerprint density at radius 3 is 2.37 bits per heavy atom. The molecule has 4 aromatic rings. The lowest BCUT2D eigenvalue weighted by Crippen LogP contribution is -2.37. The molecule has 2 aliphatic rings. The quantitative estimate of drug-likeness (QED) is 0.122. The van der Waals surface area contributed by atoms with Gasteiger partial charge in [-0.1, -0.05) is 73.5 Å². The standard InChI is InChI=1S/C32H34ClN7O9/c1-3-4-9-24-35-28(33)25(30(41)46-17(2)47-32(43)49-23-16-45-26-22(48-31(34)42)15-44-27(23)26)40(24)14-18-10-12-19(13-11-18)20-7-5-6-8-21(20)29-36-38-39-37-29/h5-8,10-13,17,22-23,26-27H,3-4,9,14-16H2,1-2H3,(H2,34,42)(H,36,37,38,39)/t17?,22-,23-,26+,27+/m1/s1. The molecule has 6 rings (SSSR count). The second-order valence-corrected chi connectivity index (χ2v) is 11.8. The number of fused-ring (bicyclic) bond motifs is 1. The highest BCUT2D eigenvalue weighted by molar-refractivity contribution is 6.32. The van der Waals surface area contributed by atoms with Crippen molar-refractivity contribution < 1.29 is 42.8 Å². The lowest BCUT2D eigenvalue weighted by Gasteiger charge is -2.19. The second-order valence-electron chi connectivity index (χ2n) is 11.4. The maximum absolute atomic E-state index is 13.5. The summed E-state index contributed by atoms with van der Waals surface area (Å²) in [4.78, 5) is 41.6. The molecule has 1 amide bonds. The zero-order chi connectivity index (χ0) is 34.5. The molecular weight excluding hydrogens is 662 g/mol. The smallest absolute Gasteiger partial charge is 0.441 e. The summed E-state index contributed by atoms with van der Waals surface area (Å²) < 4.78 is 33.9. The van der Waals surface area contributed by atoms with Crippen molar-refractivity contribution in [3.8, 4) is 22.5 Å². The number of aryl methyl sites for hydroxylation is 1. The second kappa shape index (κ2) is 15.0. The Bertz CT molecular complexity index is 1780. The van der Waals surface area contributed by atoms with E-state index in [0.29, 0.717) is 18.1 Å². The maximum Gasteiger partial charge on any atom is 0.511 e. The van der Waals surface area contributed by atoms with E-state index in [1.807, 2.05) is 48.5 Å². The summed E-state index contributed by atoms with van der Waals surface area (Å²) in [5.74, 6) is 0.266. The number of nitrogens with zero attached hydrogens (tertiary/aromatic N) is 5. The van der Waals surface area contributed by atoms with E-state index in [1.165, 1.54) is 6.92 Å². The Balaban J connectivity index is 1.12. The average molecular weight is 696 g/mol. The van der Waals surface area contributed by atoms with Crippen LogP contribution in [-0.4, -0.2) is 92.3 Å². The fourth-order valence-electron chi connectivity index (χ4n) is 5.83. The molecule has 0 aliphatic carbocycles. The molecule has 5 atom stereocenters. The van der Waals surface area contributed by atoms with E-state index >= 15 is 0 Å². The number of ether oxygens (including phenoxy) is 6. The zero-order valence-electron chi connectivity index (χ0n) is 26.6. The molecule has 0 bridgehead atoms. The maximum atomic E-state index is 13.5. The van der Waals surface area contributed by atoms with Crippen LogP contribution >= 0.6 is 11.6 Å². The van der Waals surface area contributed by atoms with Gasteiger partial charge in [0.25, 0.3) is 0 Å². The number of primary amides is 1. The van der Waals surface area contributed by atoms with Crippen molar-refractivity contribution in [3.05, 3.63) is 70.8 Å². The summed E-state index contributed by atoms with van der Waals surface area (Å²) in [7, 11) is 0. The number of imidazole rings is 1. The number of carbonyl (C=O) groups excluding carboxylic acids is 3. The number of aromatic nitrogens is 6. The molecule has 16 nitrogen and oxygen atoms in total. The van der Waals surface area contributed by atoms with Crippen molar-refractivity contribution in [2.45, 2.75) is 70.4 Å². The number of nitrogens with two attached hydrogens (primary N) is 1. The van der Waals surface area contributed by atoms with Crippen LogP contribution in [0.15, 0.2) is 48.5 Å². The number of esters is 1. The highest BCUT2D eigenvalue weighted by Gasteiger charge is 2.51. The molecule has 2 aromatic heterocycles. The molecule has 49 heavy (non-hydrogen) atoms. The summed E-state index contributed by atoms with van der Waals surface area (Å²) in [5, 5.41) is 14.4. The van der Waals surface area contributed by atoms with Crippen LogP contribution in [0, 0.1) is 0 Å². The summed E-state index contributed by atoms with van der Waals surface area (Å²) >= 11 is 6.51. The van der Waals surface area contributed by atoms with Crippen molar-refractivity contribution in [1.82, 2.24) is 30.2 Å². The minimum absolute atomic E-state index is 0.0150. The van der Waals surface area contributed by atoms with Gasteiger partial charge >= 0.3 is 18.2 Å². The average Bonchev–Trinajstić information content (AvgIpc) is 3.87. The zero-order valence-corrected chi connectivity index (χ0v) is 27.4. The number of tetrazole rings is 1. The number of hydrogen-bond donors (Lipinski definition) is 2. The van der Waals surface area contributed by atoms with Crippen molar-refractivity contribution in [2.75, 3.05) is 13.2 Å². The van der Waals surface area contributed by atoms with E-state index in [4.69, 9.17) is 45.8 Å². The van der Waals surface area contributed by atoms with Gasteiger partial charge in [-0.2, -0.15) is 5.21 Å². The first-order valence-corrected chi connectivity index (χ1v) is 16.0. The van der Waals surface area contributed by atoms with E-state index in [0.717, 1.165) is 35.1 Å². The fraction of sp³-hybridized carbons (Fsp3) is 0.406. The number of H-pyrrole nitrogens is 1. The molecule has 4 heterocycles. The predicted molar refractivity (Wildman–Crippen MR) is 170 cm³/mol. The number of carbonyl (C=O) groups is 3. The van der Waals surface area contributed by atoms with Crippen LogP contribution < -0.4 is 5.73 Å². The number of aromatic amines is 1. The lowest BCUT2D eigenvalue weighted by molar-refractivity contribution is -0.0990. The van der Waals surface area contributed by atoms with Gasteiger partial charge < -0.3 is 38.7 Å². The Labute approximate surface area is 285 Å². The molecule has 2 fully saturated rings. The molecular formula is C32H34ClN7O9. The minimum Gasteiger partial charge on any atom is -0.441 e. The number of nitrogens with one attached hydrogen (secondary N) is 1. The Kier molecular flexibility index (Phi) is 10.4. The van der Waals surface area contributed by atoms with Gasteiger partial charge in [-0.15, -0.1) is 10.2 Å². The number of unbranched alkanes of at least 4 members (excludes halogenated alkanes) is 1. The van der Waals surface area contributed by atoms with E-state index < -0.39 is 48.9 Å². The van der Waals surface area contributed by atoms with Gasteiger partial charge in [0.1, 0.15) is 18.0 Å². The molecule has 17 heteroatoms. The summed E-state index contributed by atoms with van der Waals surface area (Å²) in [5.41, 5.74) is 8.69. The molecule has 0 saturated carbocycles. The van der Waals surface area contributed by atoms with Gasteiger partial charge in [0, 0.05) is 25.5 Å². The summed E-state index contributed by atoms with van der Waals surface area (Å²) in [6, 6.07) is 15.6. The summed E-state index contributed by atoms with van der Waals surface area (Å²) in [6.07, 6.45) is -3.99. The third-order valence-corrected chi connectivity index (χ3v) is 8.35. The van der Waals surface area contributed by atoms with Gasteiger partial charge in [0.05, 0.1) is 13.2 Å². The first-order valence-electron chi connectivity index (χ1n) is 15.7. The Hall–Kier alpha value is -5.06. The molecule has 3 N–H and O–H groups in total. The molecule has 2 aliphatic heterocycles. The van der Waals surface area contributed by atoms with Gasteiger partial charge in [-0.05, 0) is 28.3 Å². The van der Waals surface area contributed by atoms with Crippen LogP contribution in [-0.2, 0) is 41.4 Å². The predicted octanol–water partition coefficient (Wildman–Crippen LogP) is 4.06. The van der Waals surface area contributed by atoms with Crippen LogP contribution in [0.1, 0.15) is 48.6 Å². The third-order valence-electron chi connectivity index (χ3n) is 8.08. The van der Waals surface area contributed by atoms with E-state index in [9.17, 15) is 14.4 Å². The van der Waals surface area contributed by atoms with Crippen molar-refractivity contribution in [3.63, 3.8) is 0 Å². The van der Waals surface area contributed by atoms with Crippen LogP contribution in [0.25, 0.3) is 22.5 Å². The van der Waals surface area contributed by atoms with Crippen LogP contribution in [0.2, 0.25) is 5.15 Å². The number of amides is 1.